The Morgan fingerprint density at radius 1 is 1.33 bits per heavy atom. The van der Waals surface area contributed by atoms with E-state index in [-0.39, 0.29) is 16.9 Å². The van der Waals surface area contributed by atoms with Gasteiger partial charge in [-0.25, -0.2) is 4.98 Å². The molecule has 2 aromatic rings. The van der Waals surface area contributed by atoms with Crippen LogP contribution in [-0.4, -0.2) is 15.8 Å². The van der Waals surface area contributed by atoms with Crippen molar-refractivity contribution in [3.63, 3.8) is 0 Å². The lowest BCUT2D eigenvalue weighted by atomic mass is 10.1. The highest BCUT2D eigenvalue weighted by Gasteiger charge is 2.17. The van der Waals surface area contributed by atoms with Crippen LogP contribution in [0.25, 0.3) is 0 Å². The van der Waals surface area contributed by atoms with Gasteiger partial charge in [-0.1, -0.05) is 0 Å². The minimum absolute atomic E-state index is 0.130. The maximum atomic E-state index is 12.1. The van der Waals surface area contributed by atoms with E-state index in [0.717, 1.165) is 11.6 Å². The first-order valence-electron chi connectivity index (χ1n) is 6.00. The predicted molar refractivity (Wildman–Crippen MR) is 77.8 cm³/mol. The topological polar surface area (TPSA) is 123 Å². The third-order valence-corrected chi connectivity index (χ3v) is 2.77. The summed E-state index contributed by atoms with van der Waals surface area (Å²) >= 11 is 0. The summed E-state index contributed by atoms with van der Waals surface area (Å²) in [6.07, 6.45) is 1.56. The molecule has 0 saturated carbocycles. The van der Waals surface area contributed by atoms with E-state index in [1.807, 2.05) is 6.92 Å². The summed E-state index contributed by atoms with van der Waals surface area (Å²) in [7, 11) is 0. The van der Waals surface area contributed by atoms with E-state index < -0.39 is 10.8 Å². The molecule has 0 saturated heterocycles. The van der Waals surface area contributed by atoms with Crippen LogP contribution in [0.15, 0.2) is 36.5 Å². The molecule has 0 unspecified atom stereocenters. The highest BCUT2D eigenvalue weighted by atomic mass is 16.6. The van der Waals surface area contributed by atoms with Gasteiger partial charge in [-0.3, -0.25) is 20.8 Å². The molecule has 21 heavy (non-hydrogen) atoms. The molecule has 0 aliphatic carbocycles. The average molecular weight is 287 g/mol. The number of nitrogens with one attached hydrogen (secondary N) is 2. The molecule has 108 valence electrons. The fourth-order valence-electron chi connectivity index (χ4n) is 1.74. The molecule has 8 heteroatoms. The zero-order valence-electron chi connectivity index (χ0n) is 11.2. The van der Waals surface area contributed by atoms with Crippen molar-refractivity contribution in [1.29, 1.82) is 0 Å². The Labute approximate surface area is 120 Å². The van der Waals surface area contributed by atoms with Gasteiger partial charge < -0.3 is 10.7 Å². The number of hydrogen-bond acceptors (Lipinski definition) is 6. The van der Waals surface area contributed by atoms with Gasteiger partial charge in [0.05, 0.1) is 4.92 Å². The molecule has 0 aliphatic heterocycles. The molecule has 0 aliphatic rings. The number of hydrogen-bond donors (Lipinski definition) is 3. The number of benzene rings is 1. The number of rotatable bonds is 4. The number of aromatic nitrogens is 1. The molecule has 1 aromatic heterocycles. The van der Waals surface area contributed by atoms with Crippen LogP contribution in [-0.2, 0) is 0 Å². The monoisotopic (exact) mass is 287 g/mol. The Hall–Kier alpha value is -3.00. The molecule has 1 amide bonds. The van der Waals surface area contributed by atoms with Crippen LogP contribution in [0.3, 0.4) is 0 Å². The first kappa shape index (κ1) is 14.4. The van der Waals surface area contributed by atoms with Gasteiger partial charge in [-0.05, 0) is 36.8 Å². The van der Waals surface area contributed by atoms with Gasteiger partial charge in [0.15, 0.2) is 0 Å². The van der Waals surface area contributed by atoms with Crippen molar-refractivity contribution in [2.75, 3.05) is 10.7 Å². The van der Waals surface area contributed by atoms with E-state index in [4.69, 9.17) is 5.84 Å². The van der Waals surface area contributed by atoms with Crippen molar-refractivity contribution in [2.24, 2.45) is 5.84 Å². The lowest BCUT2D eigenvalue weighted by Gasteiger charge is -2.07. The number of nitro groups is 1. The summed E-state index contributed by atoms with van der Waals surface area (Å²) < 4.78 is 0. The average Bonchev–Trinajstić information content (AvgIpc) is 2.46. The Balaban J connectivity index is 2.27. The van der Waals surface area contributed by atoms with Crippen molar-refractivity contribution >= 4 is 23.1 Å². The van der Waals surface area contributed by atoms with Crippen LogP contribution >= 0.6 is 0 Å². The Morgan fingerprint density at radius 2 is 2.10 bits per heavy atom. The molecular weight excluding hydrogens is 274 g/mol. The van der Waals surface area contributed by atoms with Gasteiger partial charge in [0, 0.05) is 17.8 Å². The lowest BCUT2D eigenvalue weighted by molar-refractivity contribution is -0.384. The molecule has 1 aromatic carbocycles. The van der Waals surface area contributed by atoms with Gasteiger partial charge in [-0.2, -0.15) is 0 Å². The minimum atomic E-state index is -0.614. The zero-order valence-corrected chi connectivity index (χ0v) is 11.2. The third-order valence-electron chi connectivity index (χ3n) is 2.77. The SMILES string of the molecule is Cc1ccnc(NC(=O)c2ccc(NN)c([N+](=O)[O-])c2)c1. The van der Waals surface area contributed by atoms with Gasteiger partial charge in [-0.15, -0.1) is 0 Å². The van der Waals surface area contributed by atoms with Crippen LogP contribution in [0.5, 0.6) is 0 Å². The summed E-state index contributed by atoms with van der Waals surface area (Å²) in [5, 5.41) is 13.5. The predicted octanol–water partition coefficient (Wildman–Crippen LogP) is 1.84. The number of nitro benzene ring substituents is 1. The summed E-state index contributed by atoms with van der Waals surface area (Å²) in [6.45, 7) is 1.86. The fraction of sp³-hybridized carbons (Fsp3) is 0.0769. The number of nitrogen functional groups attached to an aromatic ring is 1. The molecule has 0 radical (unpaired) electrons. The highest BCUT2D eigenvalue weighted by Crippen LogP contribution is 2.24. The molecule has 8 nitrogen and oxygen atoms in total. The maximum absolute atomic E-state index is 12.1. The van der Waals surface area contributed by atoms with Crippen molar-refractivity contribution in [2.45, 2.75) is 6.92 Å². The second-order valence-electron chi connectivity index (χ2n) is 4.31. The highest BCUT2D eigenvalue weighted by molar-refractivity contribution is 6.04. The number of nitrogens with zero attached hydrogens (tertiary/aromatic N) is 2. The summed E-state index contributed by atoms with van der Waals surface area (Å²) in [5.74, 6) is 5.08. The lowest BCUT2D eigenvalue weighted by Crippen LogP contribution is -2.14. The standard InChI is InChI=1S/C13H13N5O3/c1-8-4-5-15-12(6-8)16-13(19)9-2-3-10(17-14)11(7-9)18(20)21/h2-7,17H,14H2,1H3,(H,15,16,19). The number of carbonyl (C=O) groups is 1. The van der Waals surface area contributed by atoms with Crippen molar-refractivity contribution in [3.05, 3.63) is 57.8 Å². The van der Waals surface area contributed by atoms with Crippen molar-refractivity contribution in [1.82, 2.24) is 4.98 Å². The molecule has 0 bridgehead atoms. The number of aryl methyl sites for hydroxylation is 1. The molecule has 2 rings (SSSR count). The molecule has 0 fully saturated rings. The molecule has 1 heterocycles. The zero-order chi connectivity index (χ0) is 15.4. The van der Waals surface area contributed by atoms with Crippen LogP contribution in [0.4, 0.5) is 17.2 Å². The Morgan fingerprint density at radius 3 is 2.71 bits per heavy atom. The Bertz CT molecular complexity index is 702. The van der Waals surface area contributed by atoms with Crippen LogP contribution in [0.1, 0.15) is 15.9 Å². The van der Waals surface area contributed by atoms with Crippen molar-refractivity contribution < 1.29 is 9.72 Å². The first-order chi connectivity index (χ1) is 10.0. The number of pyridine rings is 1. The largest absolute Gasteiger partial charge is 0.318 e. The van der Waals surface area contributed by atoms with Crippen molar-refractivity contribution in [3.8, 4) is 0 Å². The number of anilines is 2. The minimum Gasteiger partial charge on any atom is -0.318 e. The molecular formula is C13H13N5O3. The van der Waals surface area contributed by atoms with E-state index in [1.54, 1.807) is 18.3 Å². The maximum Gasteiger partial charge on any atom is 0.294 e. The second kappa shape index (κ2) is 5.97. The molecule has 4 N–H and O–H groups in total. The van der Waals surface area contributed by atoms with E-state index >= 15 is 0 Å². The smallest absolute Gasteiger partial charge is 0.294 e. The number of nitrogens with two attached hydrogens (primary N) is 1. The normalized spacial score (nSPS) is 10.0. The van der Waals surface area contributed by atoms with Crippen LogP contribution in [0, 0.1) is 17.0 Å². The first-order valence-corrected chi connectivity index (χ1v) is 6.00. The summed E-state index contributed by atoms with van der Waals surface area (Å²) in [6, 6.07) is 7.45. The van der Waals surface area contributed by atoms with E-state index in [0.29, 0.717) is 5.82 Å². The van der Waals surface area contributed by atoms with Crippen LogP contribution < -0.4 is 16.6 Å². The fourth-order valence-corrected chi connectivity index (χ4v) is 1.74. The second-order valence-corrected chi connectivity index (χ2v) is 4.31. The van der Waals surface area contributed by atoms with E-state index in [9.17, 15) is 14.9 Å². The third kappa shape index (κ3) is 3.31. The van der Waals surface area contributed by atoms with Gasteiger partial charge in [0.2, 0.25) is 0 Å². The summed E-state index contributed by atoms with van der Waals surface area (Å²) in [5.41, 5.74) is 3.15. The van der Waals surface area contributed by atoms with Gasteiger partial charge >= 0.3 is 0 Å². The quantitative estimate of drug-likeness (QED) is 0.448. The van der Waals surface area contributed by atoms with Crippen LogP contribution in [0.2, 0.25) is 0 Å². The van der Waals surface area contributed by atoms with E-state index in [2.05, 4.69) is 15.7 Å². The number of carbonyl (C=O) groups excluding carboxylic acids is 1. The number of amides is 1. The molecule has 0 spiro atoms. The van der Waals surface area contributed by atoms with E-state index in [1.165, 1.54) is 12.1 Å². The Kier molecular flexibility index (Phi) is 4.10. The van der Waals surface area contributed by atoms with Gasteiger partial charge in [0.25, 0.3) is 11.6 Å². The van der Waals surface area contributed by atoms with Gasteiger partial charge in [0.1, 0.15) is 11.5 Å². The number of hydrazine groups is 1. The molecule has 0 atom stereocenters. The summed E-state index contributed by atoms with van der Waals surface area (Å²) in [4.78, 5) is 26.4.